The van der Waals surface area contributed by atoms with Crippen LogP contribution in [0.5, 0.6) is 5.75 Å². The van der Waals surface area contributed by atoms with Gasteiger partial charge in [-0.25, -0.2) is 28.9 Å². The van der Waals surface area contributed by atoms with Gasteiger partial charge in [0, 0.05) is 12.1 Å². The van der Waals surface area contributed by atoms with Crippen LogP contribution in [-0.4, -0.2) is 116 Å². The topological polar surface area (TPSA) is 352 Å². The summed E-state index contributed by atoms with van der Waals surface area (Å²) in [6, 6.07) is 3.72. The molecular formula is C21H26N6O17P2. The number of phosphoric ester groups is 1. The standard InChI is InChI=1S/C21H26N6O17P2/c22-18-13-19(24-7-23-18)26(8-25-13)20-16(32)15(31)12(42-20)6-40-46(39,44-45(36,37)38)43-17(14(30)11(29)5-28)21(33)41-10-3-1-9(2-4-10)27(34)35/h1-4,7-8,11-12,14-17,20,28-32H,5-6H2,(H2,22,23,24)(H2,36,37,38). The number of hydrogen-bond acceptors (Lipinski definition) is 19. The number of non-ortho nitro benzene ring substituents is 1. The second-order valence-corrected chi connectivity index (χ2v) is 12.4. The first kappa shape index (κ1) is 35.3. The highest BCUT2D eigenvalue weighted by molar-refractivity contribution is 7.61. The van der Waals surface area contributed by atoms with E-state index in [4.69, 9.17) is 24.3 Å². The number of hydrogen-bond donors (Lipinski definition) is 8. The Hall–Kier alpha value is -3.54. The van der Waals surface area contributed by atoms with Crippen LogP contribution in [0.3, 0.4) is 0 Å². The minimum absolute atomic E-state index is 0.0143. The lowest BCUT2D eigenvalue weighted by atomic mass is 10.1. The molecule has 252 valence electrons. The van der Waals surface area contributed by atoms with Crippen molar-refractivity contribution in [2.45, 2.75) is 42.9 Å². The van der Waals surface area contributed by atoms with E-state index in [1.54, 1.807) is 0 Å². The SMILES string of the molecule is Nc1ncnc2c1ncn2C1OC(COP(=O)(OC(C(=O)Oc2ccc([N+](=O)[O-])cc2)C(O)C(O)CO)OP(=O)(O)O)C(O)C1O. The molecule has 1 aromatic carbocycles. The van der Waals surface area contributed by atoms with E-state index < -0.39 is 94.0 Å². The average Bonchev–Trinajstić information content (AvgIpc) is 3.54. The Balaban J connectivity index is 1.56. The predicted octanol–water partition coefficient (Wildman–Crippen LogP) is -2.13. The van der Waals surface area contributed by atoms with Gasteiger partial charge in [-0.1, -0.05) is 0 Å². The maximum atomic E-state index is 13.5. The second-order valence-electron chi connectivity index (χ2n) is 9.38. The number of imidazole rings is 1. The molecule has 0 radical (unpaired) electrons. The maximum absolute atomic E-state index is 13.5. The Bertz CT molecular complexity index is 1650. The van der Waals surface area contributed by atoms with Gasteiger partial charge in [0.15, 0.2) is 23.8 Å². The van der Waals surface area contributed by atoms with Crippen LogP contribution in [0.15, 0.2) is 36.9 Å². The highest BCUT2D eigenvalue weighted by Gasteiger charge is 2.49. The summed E-state index contributed by atoms with van der Waals surface area (Å²) in [5.74, 6) is -2.12. The zero-order chi connectivity index (χ0) is 34.0. The summed E-state index contributed by atoms with van der Waals surface area (Å²) >= 11 is 0. The monoisotopic (exact) mass is 696 g/mol. The summed E-state index contributed by atoms with van der Waals surface area (Å²) < 4.78 is 50.7. The van der Waals surface area contributed by atoms with E-state index in [0.29, 0.717) is 0 Å². The molecule has 46 heavy (non-hydrogen) atoms. The molecule has 8 unspecified atom stereocenters. The molecular weight excluding hydrogens is 670 g/mol. The number of nitrogens with zero attached hydrogens (tertiary/aromatic N) is 5. The van der Waals surface area contributed by atoms with Gasteiger partial charge in [0.25, 0.3) is 5.69 Å². The van der Waals surface area contributed by atoms with E-state index in [1.165, 1.54) is 4.57 Å². The number of aromatic nitrogens is 4. The number of nitrogen functional groups attached to an aromatic ring is 1. The molecule has 3 heterocycles. The Morgan fingerprint density at radius 3 is 2.41 bits per heavy atom. The summed E-state index contributed by atoms with van der Waals surface area (Å²) in [6.07, 6.45) is -11.7. The molecule has 0 saturated carbocycles. The third-order valence-electron chi connectivity index (χ3n) is 6.23. The number of benzene rings is 1. The highest BCUT2D eigenvalue weighted by Crippen LogP contribution is 2.62. The number of nitrogens with two attached hydrogens (primary N) is 1. The second kappa shape index (κ2) is 14.1. The fourth-order valence-corrected chi connectivity index (χ4v) is 6.29. The third kappa shape index (κ3) is 8.05. The highest BCUT2D eigenvalue weighted by atomic mass is 31.3. The number of aliphatic hydroxyl groups excluding tert-OH is 5. The fraction of sp³-hybridized carbons (Fsp3) is 0.429. The van der Waals surface area contributed by atoms with E-state index >= 15 is 0 Å². The molecule has 23 nitrogen and oxygen atoms in total. The zero-order valence-electron chi connectivity index (χ0n) is 22.8. The smallest absolute Gasteiger partial charge is 0.425 e. The molecule has 1 saturated heterocycles. The Labute approximate surface area is 255 Å². The van der Waals surface area contributed by atoms with Gasteiger partial charge < -0.3 is 50.5 Å². The molecule has 2 aromatic heterocycles. The number of anilines is 1. The van der Waals surface area contributed by atoms with Crippen LogP contribution in [0, 0.1) is 10.1 Å². The molecule has 3 aromatic rings. The number of aliphatic hydroxyl groups is 5. The third-order valence-corrected chi connectivity index (χ3v) is 8.84. The number of nitro groups is 1. The van der Waals surface area contributed by atoms with Gasteiger partial charge in [-0.2, -0.15) is 4.31 Å². The lowest BCUT2D eigenvalue weighted by Crippen LogP contribution is -2.47. The van der Waals surface area contributed by atoms with E-state index in [1.807, 2.05) is 0 Å². The van der Waals surface area contributed by atoms with Crippen molar-refractivity contribution < 1.29 is 77.0 Å². The summed E-state index contributed by atoms with van der Waals surface area (Å²) in [5.41, 5.74) is 5.54. The van der Waals surface area contributed by atoms with Gasteiger partial charge >= 0.3 is 21.6 Å². The van der Waals surface area contributed by atoms with Crippen LogP contribution in [0.2, 0.25) is 0 Å². The first-order valence-electron chi connectivity index (χ1n) is 12.6. The largest absolute Gasteiger partial charge is 0.484 e. The number of carbonyl (C=O) groups is 1. The molecule has 1 fully saturated rings. The Morgan fingerprint density at radius 1 is 1.13 bits per heavy atom. The van der Waals surface area contributed by atoms with Gasteiger partial charge in [0.1, 0.15) is 48.1 Å². The van der Waals surface area contributed by atoms with Crippen molar-refractivity contribution in [1.82, 2.24) is 19.5 Å². The number of carbonyl (C=O) groups excluding carboxylic acids is 1. The molecule has 25 heteroatoms. The number of rotatable bonds is 14. The number of fused-ring (bicyclic) bond motifs is 1. The van der Waals surface area contributed by atoms with Crippen molar-refractivity contribution in [2.75, 3.05) is 18.9 Å². The molecule has 8 atom stereocenters. The zero-order valence-corrected chi connectivity index (χ0v) is 24.6. The van der Waals surface area contributed by atoms with E-state index in [9.17, 15) is 59.4 Å². The van der Waals surface area contributed by atoms with Gasteiger partial charge in [0.05, 0.1) is 24.5 Å². The average molecular weight is 696 g/mol. The summed E-state index contributed by atoms with van der Waals surface area (Å²) in [5, 5.41) is 61.7. The van der Waals surface area contributed by atoms with Crippen LogP contribution >= 0.6 is 15.6 Å². The van der Waals surface area contributed by atoms with Crippen LogP contribution in [0.1, 0.15) is 6.23 Å². The molecule has 0 aliphatic carbocycles. The molecule has 1 aliphatic heterocycles. The van der Waals surface area contributed by atoms with Gasteiger partial charge in [-0.3, -0.25) is 23.7 Å². The first-order valence-corrected chi connectivity index (χ1v) is 15.6. The van der Waals surface area contributed by atoms with Crippen LogP contribution in [0.25, 0.3) is 11.2 Å². The van der Waals surface area contributed by atoms with Crippen molar-refractivity contribution >= 4 is 44.3 Å². The molecule has 0 amide bonds. The van der Waals surface area contributed by atoms with E-state index in [2.05, 4.69) is 19.3 Å². The predicted molar refractivity (Wildman–Crippen MR) is 145 cm³/mol. The van der Waals surface area contributed by atoms with Crippen molar-refractivity contribution in [2.24, 2.45) is 0 Å². The normalized spacial score (nSPS) is 23.5. The van der Waals surface area contributed by atoms with Crippen molar-refractivity contribution in [3.8, 4) is 5.75 Å². The minimum Gasteiger partial charge on any atom is -0.425 e. The number of esters is 1. The molecule has 1 aliphatic rings. The van der Waals surface area contributed by atoms with Crippen LogP contribution in [0.4, 0.5) is 11.5 Å². The van der Waals surface area contributed by atoms with Crippen LogP contribution in [-0.2, 0) is 32.0 Å². The quantitative estimate of drug-likeness (QED) is 0.0293. The summed E-state index contributed by atoms with van der Waals surface area (Å²) in [7, 11) is -11.5. The summed E-state index contributed by atoms with van der Waals surface area (Å²) in [6.45, 7) is -2.32. The van der Waals surface area contributed by atoms with E-state index in [-0.39, 0.29) is 17.0 Å². The fourth-order valence-electron chi connectivity index (χ4n) is 4.02. The molecule has 4 rings (SSSR count). The lowest BCUT2D eigenvalue weighted by Gasteiger charge is -2.28. The number of nitro benzene ring substituents is 1. The summed E-state index contributed by atoms with van der Waals surface area (Å²) in [4.78, 5) is 53.5. The Kier molecular flexibility index (Phi) is 10.8. The number of phosphoric acid groups is 2. The van der Waals surface area contributed by atoms with Gasteiger partial charge in [0.2, 0.25) is 0 Å². The molecule has 0 bridgehead atoms. The Morgan fingerprint density at radius 2 is 1.80 bits per heavy atom. The maximum Gasteiger partial charge on any atom is 0.484 e. The van der Waals surface area contributed by atoms with Crippen molar-refractivity contribution in [3.05, 3.63) is 47.0 Å². The lowest BCUT2D eigenvalue weighted by molar-refractivity contribution is -0.384. The van der Waals surface area contributed by atoms with Gasteiger partial charge in [-0.15, -0.1) is 0 Å². The molecule has 9 N–H and O–H groups in total. The minimum atomic E-state index is -5.80. The number of ether oxygens (including phenoxy) is 2. The molecule has 0 spiro atoms. The van der Waals surface area contributed by atoms with Crippen molar-refractivity contribution in [3.63, 3.8) is 0 Å². The van der Waals surface area contributed by atoms with Crippen LogP contribution < -0.4 is 10.5 Å². The van der Waals surface area contributed by atoms with Gasteiger partial charge in [-0.05, 0) is 12.1 Å². The van der Waals surface area contributed by atoms with Crippen molar-refractivity contribution in [1.29, 1.82) is 0 Å². The first-order chi connectivity index (χ1) is 21.5. The van der Waals surface area contributed by atoms with E-state index in [0.717, 1.165) is 36.9 Å².